The molecule has 0 aromatic rings. The molecule has 0 rings (SSSR count). The monoisotopic (exact) mass is 238 g/mol. The van der Waals surface area contributed by atoms with Gasteiger partial charge >= 0.3 is 7.82 Å². The Balaban J connectivity index is 4.29. The minimum Gasteiger partial charge on any atom is -0.303 e. The summed E-state index contributed by atoms with van der Waals surface area (Å²) in [6.45, 7) is 6.36. The molecular formula is C10H23O4P. The first-order valence-electron chi connectivity index (χ1n) is 5.59. The summed E-state index contributed by atoms with van der Waals surface area (Å²) in [5.74, 6) is 0. The molecule has 0 bridgehead atoms. The molecule has 2 N–H and O–H groups in total. The van der Waals surface area contributed by atoms with Crippen LogP contribution in [0.15, 0.2) is 0 Å². The van der Waals surface area contributed by atoms with Crippen LogP contribution in [-0.4, -0.2) is 16.4 Å². The van der Waals surface area contributed by atoms with Crippen LogP contribution in [0.5, 0.6) is 0 Å². The van der Waals surface area contributed by atoms with Crippen LogP contribution in [0.4, 0.5) is 0 Å². The second-order valence-electron chi connectivity index (χ2n) is 4.07. The number of unbranched alkanes of at least 4 members (excludes halogenated alkanes) is 1. The summed E-state index contributed by atoms with van der Waals surface area (Å²) in [6, 6.07) is 0. The minimum atomic E-state index is -4.32. The van der Waals surface area contributed by atoms with Crippen molar-refractivity contribution in [2.75, 3.05) is 6.61 Å². The Morgan fingerprint density at radius 1 is 1.20 bits per heavy atom. The molecule has 92 valence electrons. The summed E-state index contributed by atoms with van der Waals surface area (Å²) in [5.41, 5.74) is -0.0723. The molecule has 0 fully saturated rings. The van der Waals surface area contributed by atoms with Crippen LogP contribution in [0, 0.1) is 5.41 Å². The third kappa shape index (κ3) is 6.31. The average molecular weight is 238 g/mol. The first-order valence-corrected chi connectivity index (χ1v) is 7.12. The van der Waals surface area contributed by atoms with Gasteiger partial charge in [-0.05, 0) is 24.7 Å². The van der Waals surface area contributed by atoms with Gasteiger partial charge in [0.25, 0.3) is 0 Å². The van der Waals surface area contributed by atoms with E-state index in [9.17, 15) is 4.57 Å². The van der Waals surface area contributed by atoms with Crippen LogP contribution in [-0.2, 0) is 9.09 Å². The maximum atomic E-state index is 10.7. The van der Waals surface area contributed by atoms with Gasteiger partial charge in [-0.15, -0.1) is 0 Å². The maximum absolute atomic E-state index is 10.7. The Labute approximate surface area is 92.3 Å². The highest BCUT2D eigenvalue weighted by Crippen LogP contribution is 2.42. The number of rotatable bonds is 8. The molecule has 0 unspecified atom stereocenters. The highest BCUT2D eigenvalue weighted by Gasteiger charge is 2.29. The average Bonchev–Trinajstić information content (AvgIpc) is 2.18. The third-order valence-corrected chi connectivity index (χ3v) is 3.57. The highest BCUT2D eigenvalue weighted by atomic mass is 31.2. The Kier molecular flexibility index (Phi) is 6.69. The predicted octanol–water partition coefficient (Wildman–Crippen LogP) is 3.09. The van der Waals surface area contributed by atoms with E-state index in [0.717, 1.165) is 32.1 Å². The number of hydrogen-bond acceptors (Lipinski definition) is 2. The second kappa shape index (κ2) is 6.64. The number of hydrogen-bond donors (Lipinski definition) is 2. The molecule has 0 aliphatic rings. The first kappa shape index (κ1) is 15.1. The van der Waals surface area contributed by atoms with E-state index < -0.39 is 7.82 Å². The maximum Gasteiger partial charge on any atom is 0.469 e. The van der Waals surface area contributed by atoms with Gasteiger partial charge < -0.3 is 9.79 Å². The topological polar surface area (TPSA) is 66.8 Å². The molecule has 0 aromatic carbocycles. The fraction of sp³-hybridized carbons (Fsp3) is 1.00. The van der Waals surface area contributed by atoms with Gasteiger partial charge in [0.15, 0.2) is 0 Å². The lowest BCUT2D eigenvalue weighted by Gasteiger charge is -2.31. The van der Waals surface area contributed by atoms with Crippen molar-refractivity contribution in [2.45, 2.75) is 52.9 Å². The zero-order valence-electron chi connectivity index (χ0n) is 9.90. The van der Waals surface area contributed by atoms with Gasteiger partial charge in [-0.2, -0.15) is 0 Å². The van der Waals surface area contributed by atoms with E-state index in [0.29, 0.717) is 0 Å². The zero-order chi connectivity index (χ0) is 11.9. The summed E-state index contributed by atoms with van der Waals surface area (Å²) in [5, 5.41) is 0. The fourth-order valence-electron chi connectivity index (χ4n) is 1.65. The Morgan fingerprint density at radius 2 is 1.73 bits per heavy atom. The molecule has 15 heavy (non-hydrogen) atoms. The lowest BCUT2D eigenvalue weighted by molar-refractivity contribution is 0.0888. The van der Waals surface area contributed by atoms with Crippen LogP contribution in [0.2, 0.25) is 0 Å². The van der Waals surface area contributed by atoms with E-state index in [4.69, 9.17) is 9.79 Å². The van der Waals surface area contributed by atoms with Crippen molar-refractivity contribution in [2.24, 2.45) is 5.41 Å². The van der Waals surface area contributed by atoms with Crippen molar-refractivity contribution in [1.29, 1.82) is 0 Å². The summed E-state index contributed by atoms with van der Waals surface area (Å²) in [4.78, 5) is 17.4. The first-order chi connectivity index (χ1) is 6.89. The summed E-state index contributed by atoms with van der Waals surface area (Å²) >= 11 is 0. The second-order valence-corrected chi connectivity index (χ2v) is 5.31. The van der Waals surface area contributed by atoms with Crippen molar-refractivity contribution >= 4 is 7.82 Å². The van der Waals surface area contributed by atoms with Crippen molar-refractivity contribution < 1.29 is 18.9 Å². The van der Waals surface area contributed by atoms with Gasteiger partial charge in [-0.3, -0.25) is 4.52 Å². The van der Waals surface area contributed by atoms with Crippen molar-refractivity contribution in [3.8, 4) is 0 Å². The summed E-state index contributed by atoms with van der Waals surface area (Å²) in [7, 11) is -4.32. The van der Waals surface area contributed by atoms with E-state index in [1.165, 1.54) is 0 Å². The molecule has 0 radical (unpaired) electrons. The quantitative estimate of drug-likeness (QED) is 0.638. The normalized spacial score (nSPS) is 13.1. The van der Waals surface area contributed by atoms with Crippen LogP contribution in [0.3, 0.4) is 0 Å². The molecule has 4 nitrogen and oxygen atoms in total. The molecule has 0 saturated carbocycles. The van der Waals surface area contributed by atoms with Gasteiger partial charge in [0.05, 0.1) is 6.61 Å². The predicted molar refractivity (Wildman–Crippen MR) is 60.5 cm³/mol. The molecule has 0 heterocycles. The fourth-order valence-corrected chi connectivity index (χ4v) is 2.09. The zero-order valence-corrected chi connectivity index (χ0v) is 10.8. The van der Waals surface area contributed by atoms with E-state index >= 15 is 0 Å². The highest BCUT2D eigenvalue weighted by molar-refractivity contribution is 7.46. The molecule has 0 aliphatic heterocycles. The van der Waals surface area contributed by atoms with E-state index in [1.807, 2.05) is 13.8 Å². The molecule has 5 heteroatoms. The molecule has 0 aliphatic carbocycles. The molecular weight excluding hydrogens is 215 g/mol. The number of phosphoric ester groups is 1. The van der Waals surface area contributed by atoms with Crippen LogP contribution in [0.25, 0.3) is 0 Å². The summed E-state index contributed by atoms with van der Waals surface area (Å²) in [6.07, 6.45) is 4.92. The Bertz CT molecular complexity index is 207. The Hall–Kier alpha value is 0.110. The molecule has 0 amide bonds. The smallest absolute Gasteiger partial charge is 0.303 e. The standard InChI is InChI=1S/C10H23O4P/c1-4-7-8-10(5-2,6-3)9-14-15(11,12)13/h4-9H2,1-3H3,(H2,11,12,13). The molecule has 0 spiro atoms. The third-order valence-electron chi connectivity index (χ3n) is 3.10. The van der Waals surface area contributed by atoms with Crippen molar-refractivity contribution in [3.63, 3.8) is 0 Å². The molecule has 0 aromatic heterocycles. The lowest BCUT2D eigenvalue weighted by Crippen LogP contribution is -2.25. The van der Waals surface area contributed by atoms with Crippen molar-refractivity contribution in [1.82, 2.24) is 0 Å². The van der Waals surface area contributed by atoms with E-state index in [2.05, 4.69) is 11.4 Å². The van der Waals surface area contributed by atoms with Gasteiger partial charge in [-0.1, -0.05) is 33.6 Å². The SMILES string of the molecule is CCCCC(CC)(CC)COP(=O)(O)O. The number of phosphoric acid groups is 1. The van der Waals surface area contributed by atoms with Crippen LogP contribution < -0.4 is 0 Å². The van der Waals surface area contributed by atoms with Crippen LogP contribution in [0.1, 0.15) is 52.9 Å². The van der Waals surface area contributed by atoms with Crippen LogP contribution >= 0.6 is 7.82 Å². The Morgan fingerprint density at radius 3 is 2.07 bits per heavy atom. The van der Waals surface area contributed by atoms with Crippen molar-refractivity contribution in [3.05, 3.63) is 0 Å². The minimum absolute atomic E-state index is 0.0723. The largest absolute Gasteiger partial charge is 0.469 e. The lowest BCUT2D eigenvalue weighted by atomic mass is 9.79. The van der Waals surface area contributed by atoms with Gasteiger partial charge in [0, 0.05) is 0 Å². The molecule has 0 saturated heterocycles. The van der Waals surface area contributed by atoms with E-state index in [-0.39, 0.29) is 12.0 Å². The van der Waals surface area contributed by atoms with E-state index in [1.54, 1.807) is 0 Å². The molecule has 0 atom stereocenters. The van der Waals surface area contributed by atoms with Gasteiger partial charge in [-0.25, -0.2) is 4.57 Å². The summed E-state index contributed by atoms with van der Waals surface area (Å²) < 4.78 is 15.3. The van der Waals surface area contributed by atoms with Gasteiger partial charge in [0.2, 0.25) is 0 Å². The van der Waals surface area contributed by atoms with Gasteiger partial charge in [0.1, 0.15) is 0 Å².